The Labute approximate surface area is 138 Å². The number of aliphatic carboxylic acids is 2. The quantitative estimate of drug-likeness (QED) is 0.471. The zero-order chi connectivity index (χ0) is 18.5. The highest BCUT2D eigenvalue weighted by molar-refractivity contribution is 7.53. The van der Waals surface area contributed by atoms with Crippen LogP contribution in [0.3, 0.4) is 0 Å². The van der Waals surface area contributed by atoms with Crippen molar-refractivity contribution in [2.24, 2.45) is 5.92 Å². The first-order valence-corrected chi connectivity index (χ1v) is 8.51. The maximum atomic E-state index is 11.3. The molecule has 0 heterocycles. The molecule has 1 aromatic carbocycles. The van der Waals surface area contributed by atoms with Crippen LogP contribution in [-0.2, 0) is 20.6 Å². The molecule has 134 valence electrons. The summed E-state index contributed by atoms with van der Waals surface area (Å²) in [6, 6.07) is 4.82. The van der Waals surface area contributed by atoms with Gasteiger partial charge in [0.15, 0.2) is 17.2 Å². The predicted molar refractivity (Wildman–Crippen MR) is 82.5 cm³/mol. The van der Waals surface area contributed by atoms with Crippen molar-refractivity contribution in [1.82, 2.24) is 0 Å². The van der Waals surface area contributed by atoms with E-state index in [4.69, 9.17) is 29.5 Å². The smallest absolute Gasteiger partial charge is 0.340 e. The standard InChI is InChI=1S/C14H19O9P/c1-22-10-6-4-8(7-11(10)23-2)3-5-9(13(15)16)12(14(17)18)24(19,20)21/h4,6-7,9,12H,3,5H2,1-2H3,(H,15,16)(H,17,18)(H2,19,20,21). The SMILES string of the molecule is COc1ccc(CCC(C(=O)O)C(C(=O)O)P(=O)(O)O)cc1OC. The van der Waals surface area contributed by atoms with Crippen molar-refractivity contribution < 1.29 is 43.6 Å². The van der Waals surface area contributed by atoms with Gasteiger partial charge in [0.25, 0.3) is 0 Å². The van der Waals surface area contributed by atoms with Gasteiger partial charge in [-0.3, -0.25) is 14.2 Å². The van der Waals surface area contributed by atoms with E-state index < -0.39 is 31.1 Å². The van der Waals surface area contributed by atoms with Crippen LogP contribution in [0.5, 0.6) is 11.5 Å². The third kappa shape index (κ3) is 4.95. The van der Waals surface area contributed by atoms with Crippen LogP contribution in [0.4, 0.5) is 0 Å². The lowest BCUT2D eigenvalue weighted by Gasteiger charge is -2.21. The summed E-state index contributed by atoms with van der Waals surface area (Å²) in [5.41, 5.74) is -1.68. The minimum Gasteiger partial charge on any atom is -0.493 e. The molecule has 0 saturated carbocycles. The van der Waals surface area contributed by atoms with Gasteiger partial charge >= 0.3 is 19.5 Å². The number of rotatable bonds is 9. The van der Waals surface area contributed by atoms with E-state index in [2.05, 4.69) is 0 Å². The van der Waals surface area contributed by atoms with Gasteiger partial charge in [-0.2, -0.15) is 0 Å². The molecule has 0 fully saturated rings. The third-order valence-electron chi connectivity index (χ3n) is 3.51. The molecule has 9 nitrogen and oxygen atoms in total. The number of carboxylic acid groups (broad SMARTS) is 2. The maximum absolute atomic E-state index is 11.3. The normalized spacial score (nSPS) is 13.8. The Morgan fingerprint density at radius 2 is 1.67 bits per heavy atom. The summed E-state index contributed by atoms with van der Waals surface area (Å²) in [6.07, 6.45) is -0.159. The summed E-state index contributed by atoms with van der Waals surface area (Å²) in [7, 11) is -2.24. The lowest BCUT2D eigenvalue weighted by atomic mass is 9.96. The van der Waals surface area contributed by atoms with Crippen LogP contribution in [0.25, 0.3) is 0 Å². The Hall–Kier alpha value is -2.09. The van der Waals surface area contributed by atoms with Crippen LogP contribution in [0, 0.1) is 5.92 Å². The van der Waals surface area contributed by atoms with Gasteiger partial charge in [-0.15, -0.1) is 0 Å². The number of methoxy groups -OCH3 is 2. The van der Waals surface area contributed by atoms with Gasteiger partial charge in [0.05, 0.1) is 20.1 Å². The summed E-state index contributed by atoms with van der Waals surface area (Å²) in [6.45, 7) is 0. The van der Waals surface area contributed by atoms with Crippen molar-refractivity contribution in [1.29, 1.82) is 0 Å². The van der Waals surface area contributed by atoms with Crippen LogP contribution < -0.4 is 9.47 Å². The van der Waals surface area contributed by atoms with E-state index in [0.29, 0.717) is 17.1 Å². The Balaban J connectivity index is 3.01. The minimum atomic E-state index is -5.12. The first-order valence-electron chi connectivity index (χ1n) is 6.83. The Morgan fingerprint density at radius 1 is 1.08 bits per heavy atom. The molecule has 4 N–H and O–H groups in total. The van der Waals surface area contributed by atoms with E-state index in [1.807, 2.05) is 0 Å². The predicted octanol–water partition coefficient (Wildman–Crippen LogP) is 0.968. The zero-order valence-corrected chi connectivity index (χ0v) is 14.0. The van der Waals surface area contributed by atoms with Gasteiger partial charge in [-0.1, -0.05) is 6.07 Å². The van der Waals surface area contributed by atoms with Crippen LogP contribution >= 0.6 is 7.60 Å². The average molecular weight is 362 g/mol. The van der Waals surface area contributed by atoms with Crippen molar-refractivity contribution in [2.75, 3.05) is 14.2 Å². The molecule has 2 unspecified atom stereocenters. The highest BCUT2D eigenvalue weighted by Gasteiger charge is 2.45. The highest BCUT2D eigenvalue weighted by atomic mass is 31.2. The molecule has 0 aliphatic heterocycles. The Kier molecular flexibility index (Phi) is 6.77. The summed E-state index contributed by atoms with van der Waals surface area (Å²) in [4.78, 5) is 40.7. The molecule has 0 amide bonds. The summed E-state index contributed by atoms with van der Waals surface area (Å²) < 4.78 is 21.5. The molecule has 0 radical (unpaired) electrons. The molecule has 0 bridgehead atoms. The van der Waals surface area contributed by atoms with Crippen molar-refractivity contribution in [3.8, 4) is 11.5 Å². The second kappa shape index (κ2) is 8.14. The molecule has 24 heavy (non-hydrogen) atoms. The fourth-order valence-corrected chi connectivity index (χ4v) is 3.36. The second-order valence-electron chi connectivity index (χ2n) is 5.04. The highest BCUT2D eigenvalue weighted by Crippen LogP contribution is 2.46. The summed E-state index contributed by atoms with van der Waals surface area (Å²) in [5, 5.41) is 18.1. The number of carbonyl (C=O) groups is 2. The van der Waals surface area contributed by atoms with E-state index in [1.54, 1.807) is 18.2 Å². The molecule has 10 heteroatoms. The van der Waals surface area contributed by atoms with Gasteiger partial charge in [-0.25, -0.2) is 0 Å². The topological polar surface area (TPSA) is 151 Å². The average Bonchev–Trinajstić information content (AvgIpc) is 2.48. The van der Waals surface area contributed by atoms with Crippen LogP contribution in [-0.4, -0.2) is 51.8 Å². The number of carboxylic acids is 2. The van der Waals surface area contributed by atoms with Crippen LogP contribution in [0.1, 0.15) is 12.0 Å². The Morgan fingerprint density at radius 3 is 2.08 bits per heavy atom. The van der Waals surface area contributed by atoms with Crippen molar-refractivity contribution in [3.63, 3.8) is 0 Å². The second-order valence-corrected chi connectivity index (χ2v) is 6.78. The largest absolute Gasteiger partial charge is 0.493 e. The van der Waals surface area contributed by atoms with Gasteiger partial charge in [-0.05, 0) is 30.5 Å². The third-order valence-corrected chi connectivity index (χ3v) is 4.81. The molecular weight excluding hydrogens is 343 g/mol. The van der Waals surface area contributed by atoms with Crippen molar-refractivity contribution in [2.45, 2.75) is 18.5 Å². The van der Waals surface area contributed by atoms with E-state index in [1.165, 1.54) is 14.2 Å². The monoisotopic (exact) mass is 362 g/mol. The zero-order valence-electron chi connectivity index (χ0n) is 13.1. The molecular formula is C14H19O9P. The molecule has 0 saturated heterocycles. The number of ether oxygens (including phenoxy) is 2. The van der Waals surface area contributed by atoms with Gasteiger partial charge in [0.2, 0.25) is 0 Å². The molecule has 1 rings (SSSR count). The fraction of sp³-hybridized carbons (Fsp3) is 0.429. The molecule has 0 aliphatic rings. The van der Waals surface area contributed by atoms with E-state index in [9.17, 15) is 14.2 Å². The maximum Gasteiger partial charge on any atom is 0.340 e. The molecule has 0 aliphatic carbocycles. The fourth-order valence-electron chi connectivity index (χ4n) is 2.33. The summed E-state index contributed by atoms with van der Waals surface area (Å²) in [5.74, 6) is -4.27. The minimum absolute atomic E-state index is 0.0983. The first kappa shape index (κ1) is 20.0. The molecule has 1 aromatic rings. The van der Waals surface area contributed by atoms with Gasteiger partial charge in [0.1, 0.15) is 0 Å². The number of hydrogen-bond donors (Lipinski definition) is 4. The van der Waals surface area contributed by atoms with Crippen molar-refractivity contribution >= 4 is 19.5 Å². The van der Waals surface area contributed by atoms with Gasteiger partial charge in [0, 0.05) is 0 Å². The number of hydrogen-bond acceptors (Lipinski definition) is 5. The van der Waals surface area contributed by atoms with E-state index >= 15 is 0 Å². The van der Waals surface area contributed by atoms with Gasteiger partial charge < -0.3 is 29.5 Å². The van der Waals surface area contributed by atoms with Crippen molar-refractivity contribution in [3.05, 3.63) is 23.8 Å². The van der Waals surface area contributed by atoms with E-state index in [0.717, 1.165) is 0 Å². The summed E-state index contributed by atoms with van der Waals surface area (Å²) >= 11 is 0. The van der Waals surface area contributed by atoms with Crippen LogP contribution in [0.15, 0.2) is 18.2 Å². The Bertz CT molecular complexity index is 652. The first-order chi connectivity index (χ1) is 11.1. The number of benzene rings is 1. The number of aryl methyl sites for hydroxylation is 1. The molecule has 0 aromatic heterocycles. The van der Waals surface area contributed by atoms with E-state index in [-0.39, 0.29) is 12.8 Å². The lowest BCUT2D eigenvalue weighted by molar-refractivity contribution is -0.148. The molecule has 2 atom stereocenters. The van der Waals surface area contributed by atoms with Crippen LogP contribution in [0.2, 0.25) is 0 Å². The molecule has 0 spiro atoms. The lowest BCUT2D eigenvalue weighted by Crippen LogP contribution is -2.35.